The zero-order valence-electron chi connectivity index (χ0n) is 10.7. The Morgan fingerprint density at radius 1 is 1.20 bits per heavy atom. The van der Waals surface area contributed by atoms with Gasteiger partial charge in [-0.3, -0.25) is 0 Å². The maximum Gasteiger partial charge on any atom is 0.164 e. The number of rotatable bonds is 3. The number of halogens is 2. The van der Waals surface area contributed by atoms with Crippen LogP contribution in [0.25, 0.3) is 22.3 Å². The fourth-order valence-electron chi connectivity index (χ4n) is 1.99. The molecule has 2 aromatic heterocycles. The van der Waals surface area contributed by atoms with Crippen LogP contribution in [0.2, 0.25) is 0 Å². The quantitative estimate of drug-likeness (QED) is 0.632. The second kappa shape index (κ2) is 5.79. The zero-order chi connectivity index (χ0) is 14.1. The van der Waals surface area contributed by atoms with E-state index >= 15 is 0 Å². The Kier molecular flexibility index (Phi) is 4.05. The molecule has 0 aliphatic heterocycles. The summed E-state index contributed by atoms with van der Waals surface area (Å²) in [5, 5.41) is 4.36. The molecule has 0 amide bonds. The number of aromatic nitrogens is 2. The predicted octanol–water partition coefficient (Wildman–Crippen LogP) is 5.32. The molecule has 0 fully saturated rings. The molecule has 3 nitrogen and oxygen atoms in total. The maximum absolute atomic E-state index is 4.67. The molecule has 0 aliphatic carbocycles. The van der Waals surface area contributed by atoms with Gasteiger partial charge in [-0.25, -0.2) is 9.97 Å². The first-order valence-corrected chi connectivity index (χ1v) is 8.55. The molecule has 0 bridgehead atoms. The minimum Gasteiger partial charge on any atom is -0.370 e. The highest BCUT2D eigenvalue weighted by Crippen LogP contribution is 2.38. The van der Waals surface area contributed by atoms with Gasteiger partial charge in [-0.15, -0.1) is 11.3 Å². The molecule has 2 heterocycles. The molecule has 3 rings (SSSR count). The molecule has 0 saturated heterocycles. The maximum atomic E-state index is 4.67. The van der Waals surface area contributed by atoms with E-state index in [1.54, 1.807) is 11.3 Å². The van der Waals surface area contributed by atoms with Crippen LogP contribution in [0, 0.1) is 0 Å². The second-order valence-corrected chi connectivity index (χ2v) is 7.93. The van der Waals surface area contributed by atoms with Gasteiger partial charge in [0.15, 0.2) is 5.82 Å². The number of hydrogen-bond donors (Lipinski definition) is 1. The van der Waals surface area contributed by atoms with Gasteiger partial charge in [-0.1, -0.05) is 12.1 Å². The van der Waals surface area contributed by atoms with E-state index in [4.69, 9.17) is 0 Å². The van der Waals surface area contributed by atoms with E-state index in [1.165, 1.54) is 0 Å². The van der Waals surface area contributed by atoms with Gasteiger partial charge in [-0.2, -0.15) is 0 Å². The lowest BCUT2D eigenvalue weighted by molar-refractivity contribution is 1.15. The van der Waals surface area contributed by atoms with E-state index < -0.39 is 0 Å². The normalized spacial score (nSPS) is 10.9. The Morgan fingerprint density at radius 3 is 2.70 bits per heavy atom. The van der Waals surface area contributed by atoms with Gasteiger partial charge in [0.2, 0.25) is 0 Å². The molecule has 0 aliphatic rings. The SMILES string of the molecule is CCNc1nc(-c2cc(Br)sc2Br)nc2ccccc12. The summed E-state index contributed by atoms with van der Waals surface area (Å²) in [4.78, 5) is 9.34. The Hall–Kier alpha value is -0.980. The van der Waals surface area contributed by atoms with Crippen LogP contribution in [0.4, 0.5) is 5.82 Å². The molecular formula is C14H11Br2N3S. The fourth-order valence-corrected chi connectivity index (χ4v) is 4.78. The van der Waals surface area contributed by atoms with E-state index in [1.807, 2.05) is 30.3 Å². The molecule has 0 atom stereocenters. The summed E-state index contributed by atoms with van der Waals surface area (Å²) in [7, 11) is 0. The van der Waals surface area contributed by atoms with Crippen LogP contribution in [0.3, 0.4) is 0 Å². The molecule has 3 aromatic rings. The summed E-state index contributed by atoms with van der Waals surface area (Å²) in [5.74, 6) is 1.61. The van der Waals surface area contributed by atoms with Gasteiger partial charge in [0.1, 0.15) is 5.82 Å². The molecular weight excluding hydrogens is 402 g/mol. The van der Waals surface area contributed by atoms with Crippen LogP contribution in [0.5, 0.6) is 0 Å². The minimum absolute atomic E-state index is 0.730. The van der Waals surface area contributed by atoms with Crippen molar-refractivity contribution in [1.29, 1.82) is 0 Å². The standard InChI is InChI=1S/C14H11Br2N3S/c1-2-17-13-8-5-3-4-6-10(8)18-14(19-13)9-7-11(15)20-12(9)16/h3-7H,2H2,1H3,(H,17,18,19). The number of hydrogen-bond acceptors (Lipinski definition) is 4. The molecule has 20 heavy (non-hydrogen) atoms. The van der Waals surface area contributed by atoms with Crippen molar-refractivity contribution in [2.45, 2.75) is 6.92 Å². The first kappa shape index (κ1) is 14.0. The molecule has 0 saturated carbocycles. The lowest BCUT2D eigenvalue weighted by atomic mass is 10.2. The third kappa shape index (κ3) is 2.60. The summed E-state index contributed by atoms with van der Waals surface area (Å²) in [6, 6.07) is 10.1. The third-order valence-electron chi connectivity index (χ3n) is 2.85. The molecule has 1 aromatic carbocycles. The van der Waals surface area contributed by atoms with Crippen LogP contribution in [0.15, 0.2) is 37.9 Å². The first-order chi connectivity index (χ1) is 9.69. The van der Waals surface area contributed by atoms with Gasteiger partial charge in [0.25, 0.3) is 0 Å². The average molecular weight is 413 g/mol. The fraction of sp³-hybridized carbons (Fsp3) is 0.143. The van der Waals surface area contributed by atoms with E-state index in [0.29, 0.717) is 0 Å². The summed E-state index contributed by atoms with van der Waals surface area (Å²) in [5.41, 5.74) is 1.95. The van der Waals surface area contributed by atoms with Crippen molar-refractivity contribution in [2.24, 2.45) is 0 Å². The second-order valence-electron chi connectivity index (χ2n) is 4.18. The molecule has 102 valence electrons. The number of anilines is 1. The van der Waals surface area contributed by atoms with Gasteiger partial charge >= 0.3 is 0 Å². The van der Waals surface area contributed by atoms with E-state index in [-0.39, 0.29) is 0 Å². The average Bonchev–Trinajstić information content (AvgIpc) is 2.78. The first-order valence-electron chi connectivity index (χ1n) is 6.15. The van der Waals surface area contributed by atoms with E-state index in [0.717, 1.165) is 42.2 Å². The van der Waals surface area contributed by atoms with Crippen molar-refractivity contribution in [3.8, 4) is 11.4 Å². The van der Waals surface area contributed by atoms with Crippen molar-refractivity contribution in [3.63, 3.8) is 0 Å². The summed E-state index contributed by atoms with van der Waals surface area (Å²) >= 11 is 8.69. The number of para-hydroxylation sites is 1. The van der Waals surface area contributed by atoms with Crippen LogP contribution >= 0.6 is 43.2 Å². The Balaban J connectivity index is 2.24. The third-order valence-corrected chi connectivity index (χ3v) is 5.18. The van der Waals surface area contributed by atoms with Gasteiger partial charge in [0, 0.05) is 17.5 Å². The molecule has 0 spiro atoms. The van der Waals surface area contributed by atoms with Gasteiger partial charge in [0.05, 0.1) is 13.1 Å². The van der Waals surface area contributed by atoms with E-state index in [9.17, 15) is 0 Å². The van der Waals surface area contributed by atoms with Gasteiger partial charge in [-0.05, 0) is 57.0 Å². The molecule has 1 N–H and O–H groups in total. The smallest absolute Gasteiger partial charge is 0.164 e. The highest BCUT2D eigenvalue weighted by Gasteiger charge is 2.13. The van der Waals surface area contributed by atoms with Crippen molar-refractivity contribution in [3.05, 3.63) is 37.9 Å². The highest BCUT2D eigenvalue weighted by atomic mass is 79.9. The van der Waals surface area contributed by atoms with Crippen molar-refractivity contribution < 1.29 is 0 Å². The summed E-state index contributed by atoms with van der Waals surface area (Å²) in [6.45, 7) is 2.89. The van der Waals surface area contributed by atoms with Crippen LogP contribution < -0.4 is 5.32 Å². The number of benzene rings is 1. The Bertz CT molecular complexity index is 770. The lowest BCUT2D eigenvalue weighted by Gasteiger charge is -2.09. The van der Waals surface area contributed by atoms with Crippen LogP contribution in [-0.4, -0.2) is 16.5 Å². The van der Waals surface area contributed by atoms with E-state index in [2.05, 4.69) is 54.1 Å². The van der Waals surface area contributed by atoms with Crippen molar-refractivity contribution in [1.82, 2.24) is 9.97 Å². The van der Waals surface area contributed by atoms with Gasteiger partial charge < -0.3 is 5.32 Å². The topological polar surface area (TPSA) is 37.8 Å². The monoisotopic (exact) mass is 411 g/mol. The molecule has 0 unspecified atom stereocenters. The van der Waals surface area contributed by atoms with Crippen molar-refractivity contribution in [2.75, 3.05) is 11.9 Å². The zero-order valence-corrected chi connectivity index (χ0v) is 14.6. The summed E-state index contributed by atoms with van der Waals surface area (Å²) in [6.07, 6.45) is 0. The van der Waals surface area contributed by atoms with Crippen LogP contribution in [-0.2, 0) is 0 Å². The Labute approximate surface area is 137 Å². The van der Waals surface area contributed by atoms with Crippen molar-refractivity contribution >= 4 is 59.9 Å². The van der Waals surface area contributed by atoms with Crippen LogP contribution in [0.1, 0.15) is 6.92 Å². The number of nitrogens with one attached hydrogen (secondary N) is 1. The largest absolute Gasteiger partial charge is 0.370 e. The molecule has 6 heteroatoms. The summed E-state index contributed by atoms with van der Waals surface area (Å²) < 4.78 is 2.09. The lowest BCUT2D eigenvalue weighted by Crippen LogP contribution is -2.02. The number of fused-ring (bicyclic) bond motifs is 1. The predicted molar refractivity (Wildman–Crippen MR) is 92.4 cm³/mol. The highest BCUT2D eigenvalue weighted by molar-refractivity contribution is 9.12. The molecule has 0 radical (unpaired) electrons. The minimum atomic E-state index is 0.730. The Morgan fingerprint density at radius 2 is 2.00 bits per heavy atom. The number of nitrogens with zero attached hydrogens (tertiary/aromatic N) is 2. The number of thiophene rings is 1.